The normalized spacial score (nSPS) is 11.4. The monoisotopic (exact) mass is 364 g/mol. The molecule has 0 unspecified atom stereocenters. The highest BCUT2D eigenvalue weighted by molar-refractivity contribution is 9.10. The maximum Gasteiger partial charge on any atom is 0.239 e. The first-order valence-electron chi connectivity index (χ1n) is 5.08. The Hall–Kier alpha value is -1.58. The molecule has 2 rings (SSSR count). The van der Waals surface area contributed by atoms with Gasteiger partial charge in [-0.25, -0.2) is 22.9 Å². The van der Waals surface area contributed by atoms with Gasteiger partial charge >= 0.3 is 0 Å². The lowest BCUT2D eigenvalue weighted by Gasteiger charge is -2.07. The van der Waals surface area contributed by atoms with Gasteiger partial charge < -0.3 is 4.74 Å². The van der Waals surface area contributed by atoms with Crippen LogP contribution in [0.1, 0.15) is 0 Å². The molecule has 0 spiro atoms. The first kappa shape index (κ1) is 14.8. The van der Waals surface area contributed by atoms with Crippen molar-refractivity contribution < 1.29 is 21.9 Å². The van der Waals surface area contributed by atoms with Crippen LogP contribution in [0.5, 0.6) is 11.6 Å². The number of aromatic nitrogens is 1. The minimum atomic E-state index is -3.87. The lowest BCUT2D eigenvalue weighted by atomic mass is 10.3. The zero-order valence-corrected chi connectivity index (χ0v) is 12.1. The average Bonchev–Trinajstić information content (AvgIpc) is 2.35. The van der Waals surface area contributed by atoms with Crippen LogP contribution in [0.2, 0.25) is 0 Å². The number of rotatable bonds is 3. The first-order chi connectivity index (χ1) is 9.27. The first-order valence-corrected chi connectivity index (χ1v) is 7.42. The highest BCUT2D eigenvalue weighted by Crippen LogP contribution is 2.28. The molecule has 1 aromatic heterocycles. The smallest absolute Gasteiger partial charge is 0.239 e. The number of hydrogen-bond donors (Lipinski definition) is 1. The highest BCUT2D eigenvalue weighted by Gasteiger charge is 2.14. The summed E-state index contributed by atoms with van der Waals surface area (Å²) in [5.41, 5.74) is 0. The number of nitrogens with zero attached hydrogens (tertiary/aromatic N) is 1. The van der Waals surface area contributed by atoms with E-state index in [1.807, 2.05) is 0 Å². The van der Waals surface area contributed by atoms with Crippen molar-refractivity contribution >= 4 is 26.0 Å². The van der Waals surface area contributed by atoms with Crippen LogP contribution in [-0.2, 0) is 10.0 Å². The van der Waals surface area contributed by atoms with Crippen molar-refractivity contribution in [3.05, 3.63) is 46.6 Å². The molecule has 0 radical (unpaired) electrons. The second-order valence-corrected chi connectivity index (χ2v) is 6.16. The lowest BCUT2D eigenvalue weighted by molar-refractivity contribution is 0.404. The third kappa shape index (κ3) is 3.30. The van der Waals surface area contributed by atoms with E-state index in [9.17, 15) is 17.2 Å². The number of ether oxygens (including phenoxy) is 1. The van der Waals surface area contributed by atoms with Crippen LogP contribution in [0, 0.1) is 11.6 Å². The number of halogens is 3. The maximum atomic E-state index is 13.5. The standard InChI is InChI=1S/C11H7BrF2N2O3S/c12-6-3-8(13)11(14)9(4-6)19-10-2-1-7(5-16-10)20(15,17)18/h1-5H,(H2,15,17,18). The second kappa shape index (κ2) is 5.43. The van der Waals surface area contributed by atoms with E-state index in [2.05, 4.69) is 20.9 Å². The van der Waals surface area contributed by atoms with E-state index in [1.165, 1.54) is 12.1 Å². The molecular formula is C11H7BrF2N2O3S. The van der Waals surface area contributed by atoms with Gasteiger partial charge in [0.05, 0.1) is 6.20 Å². The summed E-state index contributed by atoms with van der Waals surface area (Å²) in [6, 6.07) is 4.48. The summed E-state index contributed by atoms with van der Waals surface area (Å²) < 4.78 is 54.0. The number of benzene rings is 1. The van der Waals surface area contributed by atoms with Crippen molar-refractivity contribution in [3.8, 4) is 11.6 Å². The molecule has 106 valence electrons. The molecule has 1 heterocycles. The lowest BCUT2D eigenvalue weighted by Crippen LogP contribution is -2.12. The molecule has 0 aliphatic rings. The summed E-state index contributed by atoms with van der Waals surface area (Å²) in [5.74, 6) is -2.75. The van der Waals surface area contributed by atoms with E-state index in [4.69, 9.17) is 9.88 Å². The van der Waals surface area contributed by atoms with E-state index in [0.29, 0.717) is 0 Å². The van der Waals surface area contributed by atoms with Crippen molar-refractivity contribution in [3.63, 3.8) is 0 Å². The minimum absolute atomic E-state index is 0.103. The number of hydrogen-bond acceptors (Lipinski definition) is 4. The van der Waals surface area contributed by atoms with Crippen LogP contribution in [-0.4, -0.2) is 13.4 Å². The molecular weight excluding hydrogens is 358 g/mol. The third-order valence-corrected chi connectivity index (χ3v) is 3.57. The van der Waals surface area contributed by atoms with Crippen LogP contribution in [0.15, 0.2) is 39.8 Å². The van der Waals surface area contributed by atoms with Crippen LogP contribution in [0.25, 0.3) is 0 Å². The molecule has 0 saturated heterocycles. The predicted octanol–water partition coefficient (Wildman–Crippen LogP) is 2.56. The van der Waals surface area contributed by atoms with Crippen LogP contribution < -0.4 is 9.88 Å². The summed E-state index contributed by atoms with van der Waals surface area (Å²) in [7, 11) is -3.87. The van der Waals surface area contributed by atoms with Crippen molar-refractivity contribution in [2.45, 2.75) is 4.90 Å². The molecule has 0 aliphatic heterocycles. The summed E-state index contributed by atoms with van der Waals surface area (Å²) >= 11 is 3.00. The van der Waals surface area contributed by atoms with Crippen molar-refractivity contribution in [1.29, 1.82) is 0 Å². The number of pyridine rings is 1. The molecule has 0 fully saturated rings. The minimum Gasteiger partial charge on any atom is -0.436 e. The molecule has 0 amide bonds. The number of sulfonamides is 1. The van der Waals surface area contributed by atoms with Crippen LogP contribution in [0.3, 0.4) is 0 Å². The summed E-state index contributed by atoms with van der Waals surface area (Å²) in [5, 5.41) is 4.90. The molecule has 0 aliphatic carbocycles. The van der Waals surface area contributed by atoms with Gasteiger partial charge in [0.15, 0.2) is 11.6 Å². The summed E-state index contributed by atoms with van der Waals surface area (Å²) in [4.78, 5) is 3.44. The van der Waals surface area contributed by atoms with Crippen molar-refractivity contribution in [1.82, 2.24) is 4.98 Å². The van der Waals surface area contributed by atoms with E-state index < -0.39 is 21.7 Å². The number of primary sulfonamides is 1. The molecule has 20 heavy (non-hydrogen) atoms. The molecule has 1 aromatic carbocycles. The number of nitrogens with two attached hydrogens (primary N) is 1. The Morgan fingerprint density at radius 1 is 1.25 bits per heavy atom. The van der Waals surface area contributed by atoms with Gasteiger partial charge in [-0.05, 0) is 18.2 Å². The Morgan fingerprint density at radius 2 is 1.95 bits per heavy atom. The fraction of sp³-hybridized carbons (Fsp3) is 0. The molecule has 0 atom stereocenters. The van der Waals surface area contributed by atoms with Gasteiger partial charge in [0.25, 0.3) is 0 Å². The van der Waals surface area contributed by atoms with Gasteiger partial charge in [0.1, 0.15) is 4.90 Å². The Labute approximate surface area is 121 Å². The van der Waals surface area contributed by atoms with E-state index >= 15 is 0 Å². The van der Waals surface area contributed by atoms with Crippen LogP contribution in [0.4, 0.5) is 8.78 Å². The van der Waals surface area contributed by atoms with Crippen molar-refractivity contribution in [2.24, 2.45) is 5.14 Å². The fourth-order valence-electron chi connectivity index (χ4n) is 1.31. The SMILES string of the molecule is NS(=O)(=O)c1ccc(Oc2cc(Br)cc(F)c2F)nc1. The predicted molar refractivity (Wildman–Crippen MR) is 69.7 cm³/mol. The molecule has 5 nitrogen and oxygen atoms in total. The second-order valence-electron chi connectivity index (χ2n) is 3.68. The van der Waals surface area contributed by atoms with Gasteiger partial charge in [-0.15, -0.1) is 0 Å². The van der Waals surface area contributed by atoms with Gasteiger partial charge in [-0.3, -0.25) is 0 Å². The van der Waals surface area contributed by atoms with E-state index in [1.54, 1.807) is 0 Å². The molecule has 2 aromatic rings. The Balaban J connectivity index is 2.32. The van der Waals surface area contributed by atoms with E-state index in [-0.39, 0.29) is 21.0 Å². The van der Waals surface area contributed by atoms with Gasteiger partial charge in [0.2, 0.25) is 21.7 Å². The van der Waals surface area contributed by atoms with E-state index in [0.717, 1.165) is 18.3 Å². The molecule has 2 N–H and O–H groups in total. The molecule has 0 saturated carbocycles. The summed E-state index contributed by atoms with van der Waals surface area (Å²) in [6.07, 6.45) is 0.955. The zero-order valence-electron chi connectivity index (χ0n) is 9.68. The maximum absolute atomic E-state index is 13.5. The topological polar surface area (TPSA) is 82.3 Å². The zero-order chi connectivity index (χ0) is 14.9. The summed E-state index contributed by atoms with van der Waals surface area (Å²) in [6.45, 7) is 0. The quantitative estimate of drug-likeness (QED) is 0.848. The van der Waals surface area contributed by atoms with Gasteiger partial charge in [0, 0.05) is 10.5 Å². The Morgan fingerprint density at radius 3 is 2.50 bits per heavy atom. The van der Waals surface area contributed by atoms with Gasteiger partial charge in [-0.2, -0.15) is 4.39 Å². The molecule has 9 heteroatoms. The van der Waals surface area contributed by atoms with Crippen LogP contribution >= 0.6 is 15.9 Å². The van der Waals surface area contributed by atoms with Gasteiger partial charge in [-0.1, -0.05) is 15.9 Å². The Kier molecular flexibility index (Phi) is 4.02. The fourth-order valence-corrected chi connectivity index (χ4v) is 2.18. The third-order valence-electron chi connectivity index (χ3n) is 2.21. The highest BCUT2D eigenvalue weighted by atomic mass is 79.9. The average molecular weight is 365 g/mol. The largest absolute Gasteiger partial charge is 0.436 e. The van der Waals surface area contributed by atoms with Crippen molar-refractivity contribution in [2.75, 3.05) is 0 Å². The Bertz CT molecular complexity index is 751. The molecule has 0 bridgehead atoms.